The zero-order valence-electron chi connectivity index (χ0n) is 11.1. The van der Waals surface area contributed by atoms with E-state index in [1.54, 1.807) is 0 Å². The maximum atomic E-state index is 10.3. The summed E-state index contributed by atoms with van der Waals surface area (Å²) in [4.78, 5) is 0. The van der Waals surface area contributed by atoms with Crippen LogP contribution in [-0.4, -0.2) is 5.11 Å². The quantitative estimate of drug-likeness (QED) is 0.848. The fourth-order valence-electron chi connectivity index (χ4n) is 2.25. The Morgan fingerprint density at radius 1 is 1.05 bits per heavy atom. The lowest BCUT2D eigenvalue weighted by Crippen LogP contribution is -2.02. The summed E-state index contributed by atoms with van der Waals surface area (Å²) in [5, 5.41) is 10.3. The highest BCUT2D eigenvalue weighted by molar-refractivity contribution is 9.10. The van der Waals surface area contributed by atoms with Gasteiger partial charge < -0.3 is 5.11 Å². The van der Waals surface area contributed by atoms with Crippen molar-refractivity contribution in [3.8, 4) is 0 Å². The molecule has 100 valence electrons. The van der Waals surface area contributed by atoms with Gasteiger partial charge in [0, 0.05) is 10.9 Å². The van der Waals surface area contributed by atoms with Crippen molar-refractivity contribution in [1.82, 2.24) is 0 Å². The summed E-state index contributed by atoms with van der Waals surface area (Å²) in [6.45, 7) is 2.17. The van der Waals surface area contributed by atoms with Crippen LogP contribution in [0.1, 0.15) is 36.1 Å². The van der Waals surface area contributed by atoms with E-state index in [4.69, 9.17) is 0 Å². The van der Waals surface area contributed by atoms with Crippen LogP contribution < -0.4 is 0 Å². The monoisotopic (exact) mass is 318 g/mol. The van der Waals surface area contributed by atoms with Crippen molar-refractivity contribution >= 4 is 15.9 Å². The number of rotatable bonds is 5. The van der Waals surface area contributed by atoms with Crippen molar-refractivity contribution < 1.29 is 5.11 Å². The average Bonchev–Trinajstić information content (AvgIpc) is 2.39. The van der Waals surface area contributed by atoms with Crippen molar-refractivity contribution in [3.63, 3.8) is 0 Å². The van der Waals surface area contributed by atoms with Crippen LogP contribution in [0.2, 0.25) is 0 Å². The first kappa shape index (κ1) is 14.3. The second-order valence-corrected chi connectivity index (χ2v) is 5.76. The molecule has 0 heterocycles. The molecular formula is C17H19BrO. The Bertz CT molecular complexity index is 536. The van der Waals surface area contributed by atoms with Crippen LogP contribution in [0.5, 0.6) is 0 Å². The summed E-state index contributed by atoms with van der Waals surface area (Å²) in [6.07, 6.45) is 2.41. The molecule has 0 fully saturated rings. The van der Waals surface area contributed by atoms with Crippen molar-refractivity contribution in [2.45, 2.75) is 32.3 Å². The van der Waals surface area contributed by atoms with Crippen molar-refractivity contribution in [2.24, 2.45) is 0 Å². The molecule has 1 nitrogen and oxygen atoms in total. The lowest BCUT2D eigenvalue weighted by atomic mass is 9.98. The number of hydrogen-bond acceptors (Lipinski definition) is 1. The van der Waals surface area contributed by atoms with Gasteiger partial charge in [-0.1, -0.05) is 65.7 Å². The molecule has 0 amide bonds. The molecule has 0 radical (unpaired) electrons. The number of halogens is 1. The molecule has 1 N–H and O–H groups in total. The van der Waals surface area contributed by atoms with E-state index in [1.165, 1.54) is 5.56 Å². The maximum Gasteiger partial charge on any atom is 0.0830 e. The Balaban J connectivity index is 2.11. The van der Waals surface area contributed by atoms with Crippen molar-refractivity contribution in [3.05, 3.63) is 69.7 Å². The van der Waals surface area contributed by atoms with Gasteiger partial charge in [0.15, 0.2) is 0 Å². The number of aliphatic hydroxyl groups is 1. The minimum absolute atomic E-state index is 0.439. The average molecular weight is 319 g/mol. The molecule has 2 aromatic rings. The summed E-state index contributed by atoms with van der Waals surface area (Å²) in [5.74, 6) is 0. The highest BCUT2D eigenvalue weighted by atomic mass is 79.9. The summed E-state index contributed by atoms with van der Waals surface area (Å²) < 4.78 is 1.05. The molecule has 2 rings (SSSR count). The Labute approximate surface area is 123 Å². The van der Waals surface area contributed by atoms with Crippen LogP contribution in [0.25, 0.3) is 0 Å². The van der Waals surface area contributed by atoms with E-state index in [-0.39, 0.29) is 0 Å². The smallest absolute Gasteiger partial charge is 0.0830 e. The van der Waals surface area contributed by atoms with E-state index in [0.29, 0.717) is 6.42 Å². The van der Waals surface area contributed by atoms with Gasteiger partial charge in [-0.3, -0.25) is 0 Å². The zero-order chi connectivity index (χ0) is 13.7. The van der Waals surface area contributed by atoms with E-state index < -0.39 is 6.10 Å². The molecular weight excluding hydrogens is 300 g/mol. The van der Waals surface area contributed by atoms with Gasteiger partial charge in [0.1, 0.15) is 0 Å². The van der Waals surface area contributed by atoms with Gasteiger partial charge in [-0.25, -0.2) is 0 Å². The molecule has 1 atom stereocenters. The standard InChI is InChI=1S/C17H19BrO/c1-2-5-13-6-3-8-15(10-13)17(19)12-14-7-4-9-16(18)11-14/h3-4,6-11,17,19H,2,5,12H2,1H3. The van der Waals surface area contributed by atoms with Crippen LogP contribution in [0.3, 0.4) is 0 Å². The topological polar surface area (TPSA) is 20.2 Å². The van der Waals surface area contributed by atoms with Crippen LogP contribution in [0.4, 0.5) is 0 Å². The van der Waals surface area contributed by atoms with Crippen LogP contribution in [-0.2, 0) is 12.8 Å². The molecule has 0 aromatic heterocycles. The van der Waals surface area contributed by atoms with Crippen molar-refractivity contribution in [2.75, 3.05) is 0 Å². The van der Waals surface area contributed by atoms with Gasteiger partial charge in [0.2, 0.25) is 0 Å². The molecule has 0 spiro atoms. The molecule has 2 aromatic carbocycles. The maximum absolute atomic E-state index is 10.3. The molecule has 0 saturated heterocycles. The van der Waals surface area contributed by atoms with Crippen LogP contribution >= 0.6 is 15.9 Å². The normalized spacial score (nSPS) is 12.4. The lowest BCUT2D eigenvalue weighted by molar-refractivity contribution is 0.178. The Morgan fingerprint density at radius 2 is 1.79 bits per heavy atom. The molecule has 0 aliphatic heterocycles. The first-order valence-electron chi connectivity index (χ1n) is 6.70. The Hall–Kier alpha value is -1.12. The third kappa shape index (κ3) is 4.19. The number of aryl methyl sites for hydroxylation is 1. The minimum Gasteiger partial charge on any atom is -0.388 e. The predicted octanol–water partition coefficient (Wildman–Crippen LogP) is 4.68. The molecule has 0 saturated carbocycles. The first-order chi connectivity index (χ1) is 9.19. The third-order valence-electron chi connectivity index (χ3n) is 3.19. The molecule has 0 aliphatic rings. The van der Waals surface area contributed by atoms with Gasteiger partial charge in [0.05, 0.1) is 6.10 Å². The van der Waals surface area contributed by atoms with Crippen LogP contribution in [0, 0.1) is 0 Å². The van der Waals surface area contributed by atoms with Gasteiger partial charge in [-0.15, -0.1) is 0 Å². The number of hydrogen-bond donors (Lipinski definition) is 1. The summed E-state index contributed by atoms with van der Waals surface area (Å²) in [5.41, 5.74) is 3.45. The largest absolute Gasteiger partial charge is 0.388 e. The molecule has 0 aliphatic carbocycles. The second-order valence-electron chi connectivity index (χ2n) is 4.84. The molecule has 19 heavy (non-hydrogen) atoms. The van der Waals surface area contributed by atoms with E-state index in [9.17, 15) is 5.11 Å². The fraction of sp³-hybridized carbons (Fsp3) is 0.294. The fourth-order valence-corrected chi connectivity index (χ4v) is 2.70. The van der Waals surface area contributed by atoms with Gasteiger partial charge in [-0.05, 0) is 35.2 Å². The van der Waals surface area contributed by atoms with Crippen molar-refractivity contribution in [1.29, 1.82) is 0 Å². The Kier molecular flexibility index (Phi) is 5.17. The predicted molar refractivity (Wildman–Crippen MR) is 83.2 cm³/mol. The van der Waals surface area contributed by atoms with Gasteiger partial charge in [0.25, 0.3) is 0 Å². The zero-order valence-corrected chi connectivity index (χ0v) is 12.7. The lowest BCUT2D eigenvalue weighted by Gasteiger charge is -2.12. The molecule has 1 unspecified atom stereocenters. The molecule has 0 bridgehead atoms. The Morgan fingerprint density at radius 3 is 2.53 bits per heavy atom. The third-order valence-corrected chi connectivity index (χ3v) is 3.69. The van der Waals surface area contributed by atoms with Gasteiger partial charge >= 0.3 is 0 Å². The van der Waals surface area contributed by atoms with E-state index in [0.717, 1.165) is 28.4 Å². The molecule has 2 heteroatoms. The summed E-state index contributed by atoms with van der Waals surface area (Å²) in [7, 11) is 0. The number of aliphatic hydroxyl groups excluding tert-OH is 1. The van der Waals surface area contributed by atoms with E-state index in [1.807, 2.05) is 30.3 Å². The second kappa shape index (κ2) is 6.88. The summed E-state index contributed by atoms with van der Waals surface area (Å²) >= 11 is 3.46. The van der Waals surface area contributed by atoms with Gasteiger partial charge in [-0.2, -0.15) is 0 Å². The highest BCUT2D eigenvalue weighted by Gasteiger charge is 2.09. The minimum atomic E-state index is -0.439. The van der Waals surface area contributed by atoms with E-state index in [2.05, 4.69) is 41.1 Å². The van der Waals surface area contributed by atoms with Crippen LogP contribution in [0.15, 0.2) is 53.0 Å². The summed E-state index contributed by atoms with van der Waals surface area (Å²) in [6, 6.07) is 16.4. The SMILES string of the molecule is CCCc1cccc(C(O)Cc2cccc(Br)c2)c1. The van der Waals surface area contributed by atoms with E-state index >= 15 is 0 Å². The highest BCUT2D eigenvalue weighted by Crippen LogP contribution is 2.21. The number of benzene rings is 2. The first-order valence-corrected chi connectivity index (χ1v) is 7.49.